The van der Waals surface area contributed by atoms with Crippen LogP contribution in [0.2, 0.25) is 0 Å². The summed E-state index contributed by atoms with van der Waals surface area (Å²) in [7, 11) is 1.55. The third-order valence-electron chi connectivity index (χ3n) is 2.67. The van der Waals surface area contributed by atoms with Crippen LogP contribution >= 0.6 is 0 Å². The van der Waals surface area contributed by atoms with E-state index >= 15 is 0 Å². The van der Waals surface area contributed by atoms with Crippen molar-refractivity contribution >= 4 is 16.7 Å². The molecule has 2 rings (SSSR count). The number of carbonyl (C=O) groups is 1. The van der Waals surface area contributed by atoms with Crippen LogP contribution in [0.3, 0.4) is 0 Å². The second-order valence-corrected chi connectivity index (χ2v) is 3.64. The Bertz CT molecular complexity index is 562. The molecule has 0 unspecified atom stereocenters. The number of hydrogen-bond acceptors (Lipinski definition) is 3. The predicted octanol–water partition coefficient (Wildman–Crippen LogP) is 1.97. The van der Waals surface area contributed by atoms with Crippen molar-refractivity contribution in [2.45, 2.75) is 6.10 Å². The van der Waals surface area contributed by atoms with Gasteiger partial charge in [-0.15, -0.1) is 0 Å². The van der Waals surface area contributed by atoms with Crippen molar-refractivity contribution in [2.24, 2.45) is 0 Å². The van der Waals surface area contributed by atoms with Crippen LogP contribution in [0, 0.1) is 0 Å². The molecule has 4 nitrogen and oxygen atoms in total. The topological polar surface area (TPSA) is 66.8 Å². The van der Waals surface area contributed by atoms with E-state index in [-0.39, 0.29) is 0 Å². The third-order valence-corrected chi connectivity index (χ3v) is 2.67. The average molecular weight is 232 g/mol. The summed E-state index contributed by atoms with van der Waals surface area (Å²) in [4.78, 5) is 10.8. The van der Waals surface area contributed by atoms with Crippen molar-refractivity contribution in [3.05, 3.63) is 42.0 Å². The van der Waals surface area contributed by atoms with E-state index in [0.29, 0.717) is 16.7 Å². The minimum Gasteiger partial charge on any atom is -0.496 e. The molecule has 0 heterocycles. The van der Waals surface area contributed by atoms with Crippen molar-refractivity contribution in [3.63, 3.8) is 0 Å². The molecule has 0 saturated carbocycles. The minimum atomic E-state index is -1.52. The van der Waals surface area contributed by atoms with Crippen LogP contribution in [-0.2, 0) is 4.79 Å². The standard InChI is InChI=1S/C13H12O4/c1-17-11-7-6-10(12(14)13(15)16)8-4-2-3-5-9(8)11/h2-7,12,14H,1H3,(H,15,16)/t12-/m1/s1. The monoisotopic (exact) mass is 232 g/mol. The SMILES string of the molecule is COc1ccc([C@@H](O)C(=O)O)c2ccccc12. The smallest absolute Gasteiger partial charge is 0.337 e. The number of carboxylic acids is 1. The lowest BCUT2D eigenvalue weighted by Crippen LogP contribution is -2.10. The maximum Gasteiger partial charge on any atom is 0.337 e. The van der Waals surface area contributed by atoms with Crippen LogP contribution in [0.5, 0.6) is 5.75 Å². The molecule has 4 heteroatoms. The first-order valence-electron chi connectivity index (χ1n) is 5.11. The summed E-state index contributed by atoms with van der Waals surface area (Å²) >= 11 is 0. The van der Waals surface area contributed by atoms with Crippen LogP contribution in [0.15, 0.2) is 36.4 Å². The molecule has 2 N–H and O–H groups in total. The maximum atomic E-state index is 10.8. The van der Waals surface area contributed by atoms with Gasteiger partial charge in [-0.1, -0.05) is 30.3 Å². The van der Waals surface area contributed by atoms with Crippen molar-refractivity contribution in [3.8, 4) is 5.75 Å². The van der Waals surface area contributed by atoms with E-state index in [0.717, 1.165) is 5.39 Å². The number of aliphatic carboxylic acids is 1. The van der Waals surface area contributed by atoms with Gasteiger partial charge in [0.05, 0.1) is 7.11 Å². The molecule has 0 radical (unpaired) electrons. The molecule has 0 aliphatic carbocycles. The summed E-state index contributed by atoms with van der Waals surface area (Å²) < 4.78 is 5.19. The van der Waals surface area contributed by atoms with Crippen molar-refractivity contribution < 1.29 is 19.7 Å². The fourth-order valence-corrected chi connectivity index (χ4v) is 1.84. The summed E-state index contributed by atoms with van der Waals surface area (Å²) in [6.07, 6.45) is -1.52. The lowest BCUT2D eigenvalue weighted by molar-refractivity contribution is -0.146. The lowest BCUT2D eigenvalue weighted by atomic mass is 10.00. The largest absolute Gasteiger partial charge is 0.496 e. The number of hydrogen-bond donors (Lipinski definition) is 2. The van der Waals surface area contributed by atoms with Gasteiger partial charge >= 0.3 is 5.97 Å². The van der Waals surface area contributed by atoms with Gasteiger partial charge in [-0.2, -0.15) is 0 Å². The second kappa shape index (κ2) is 4.43. The molecule has 0 spiro atoms. The van der Waals surface area contributed by atoms with E-state index in [1.165, 1.54) is 0 Å². The van der Waals surface area contributed by atoms with E-state index in [9.17, 15) is 9.90 Å². The zero-order valence-corrected chi connectivity index (χ0v) is 9.25. The number of aliphatic hydroxyl groups is 1. The summed E-state index contributed by atoms with van der Waals surface area (Å²) in [5.74, 6) is -0.609. The zero-order valence-electron chi connectivity index (χ0n) is 9.25. The first kappa shape index (κ1) is 11.4. The first-order valence-corrected chi connectivity index (χ1v) is 5.11. The van der Waals surface area contributed by atoms with Crippen molar-refractivity contribution in [1.29, 1.82) is 0 Å². The van der Waals surface area contributed by atoms with E-state index in [1.54, 1.807) is 31.4 Å². The Kier molecular flexibility index (Phi) is 2.97. The molecular formula is C13H12O4. The number of methoxy groups -OCH3 is 1. The van der Waals surface area contributed by atoms with E-state index in [1.807, 2.05) is 12.1 Å². The molecular weight excluding hydrogens is 220 g/mol. The summed E-state index contributed by atoms with van der Waals surface area (Å²) in [5, 5.41) is 19.9. The highest BCUT2D eigenvalue weighted by atomic mass is 16.5. The molecule has 2 aromatic rings. The molecule has 0 fully saturated rings. The average Bonchev–Trinajstić information content (AvgIpc) is 2.36. The highest BCUT2D eigenvalue weighted by molar-refractivity contribution is 5.94. The Balaban J connectivity index is 2.70. The Labute approximate surface area is 98.1 Å². The van der Waals surface area contributed by atoms with Gasteiger partial charge in [0.25, 0.3) is 0 Å². The number of carboxylic acid groups (broad SMARTS) is 1. The van der Waals surface area contributed by atoms with Gasteiger partial charge in [0.2, 0.25) is 0 Å². The number of aliphatic hydroxyl groups excluding tert-OH is 1. The van der Waals surface area contributed by atoms with E-state index in [4.69, 9.17) is 9.84 Å². The van der Waals surface area contributed by atoms with Crippen LogP contribution < -0.4 is 4.74 Å². The minimum absolute atomic E-state index is 0.369. The molecule has 0 bridgehead atoms. The predicted molar refractivity (Wildman–Crippen MR) is 63.1 cm³/mol. The Hall–Kier alpha value is -2.07. The first-order chi connectivity index (χ1) is 8.15. The van der Waals surface area contributed by atoms with Gasteiger partial charge < -0.3 is 14.9 Å². The Morgan fingerprint density at radius 3 is 2.41 bits per heavy atom. The van der Waals surface area contributed by atoms with E-state index in [2.05, 4.69) is 0 Å². The molecule has 0 aliphatic heterocycles. The molecule has 0 amide bonds. The molecule has 0 aliphatic rings. The molecule has 17 heavy (non-hydrogen) atoms. The Morgan fingerprint density at radius 1 is 1.18 bits per heavy atom. The fraction of sp³-hybridized carbons (Fsp3) is 0.154. The number of ether oxygens (including phenoxy) is 1. The third kappa shape index (κ3) is 1.94. The molecule has 0 aromatic heterocycles. The van der Waals surface area contributed by atoms with Gasteiger partial charge in [0.1, 0.15) is 5.75 Å². The van der Waals surface area contributed by atoms with Crippen LogP contribution in [0.1, 0.15) is 11.7 Å². The van der Waals surface area contributed by atoms with Crippen LogP contribution in [0.4, 0.5) is 0 Å². The summed E-state index contributed by atoms with van der Waals surface area (Å²) in [6.45, 7) is 0. The van der Waals surface area contributed by atoms with Crippen LogP contribution in [-0.4, -0.2) is 23.3 Å². The number of benzene rings is 2. The van der Waals surface area contributed by atoms with E-state index < -0.39 is 12.1 Å². The number of fused-ring (bicyclic) bond motifs is 1. The highest BCUT2D eigenvalue weighted by Crippen LogP contribution is 2.31. The van der Waals surface area contributed by atoms with Gasteiger partial charge in [0, 0.05) is 5.39 Å². The molecule has 88 valence electrons. The van der Waals surface area contributed by atoms with Crippen molar-refractivity contribution in [1.82, 2.24) is 0 Å². The van der Waals surface area contributed by atoms with Gasteiger partial charge in [0.15, 0.2) is 6.10 Å². The van der Waals surface area contributed by atoms with Gasteiger partial charge in [-0.25, -0.2) is 4.79 Å². The van der Waals surface area contributed by atoms with Crippen molar-refractivity contribution in [2.75, 3.05) is 7.11 Å². The summed E-state index contributed by atoms with van der Waals surface area (Å²) in [5.41, 5.74) is 0.369. The Morgan fingerprint density at radius 2 is 1.82 bits per heavy atom. The fourth-order valence-electron chi connectivity index (χ4n) is 1.84. The molecule has 2 aromatic carbocycles. The van der Waals surface area contributed by atoms with Gasteiger partial charge in [-0.3, -0.25) is 0 Å². The van der Waals surface area contributed by atoms with Gasteiger partial charge in [-0.05, 0) is 17.0 Å². The highest BCUT2D eigenvalue weighted by Gasteiger charge is 2.19. The molecule has 1 atom stereocenters. The maximum absolute atomic E-state index is 10.8. The van der Waals surface area contributed by atoms with Crippen LogP contribution in [0.25, 0.3) is 10.8 Å². The lowest BCUT2D eigenvalue weighted by Gasteiger charge is -2.12. The second-order valence-electron chi connectivity index (χ2n) is 3.64. The summed E-state index contributed by atoms with van der Waals surface area (Å²) in [6, 6.07) is 10.4. The normalized spacial score (nSPS) is 12.4. The molecule has 0 saturated heterocycles. The zero-order chi connectivity index (χ0) is 12.4. The quantitative estimate of drug-likeness (QED) is 0.849. The number of rotatable bonds is 3.